The summed E-state index contributed by atoms with van der Waals surface area (Å²) in [5.74, 6) is 1.51. The van der Waals surface area contributed by atoms with Gasteiger partial charge in [-0.05, 0) is 44.9 Å². The largest absolute Gasteiger partial charge is 0.330 e. The van der Waals surface area contributed by atoms with E-state index in [1.54, 1.807) is 0 Å². The summed E-state index contributed by atoms with van der Waals surface area (Å²) in [4.78, 5) is 4.87. The van der Waals surface area contributed by atoms with Gasteiger partial charge in [0.25, 0.3) is 0 Å². The number of hydrogen-bond donors (Lipinski definition) is 1. The van der Waals surface area contributed by atoms with Crippen LogP contribution in [0, 0.1) is 6.92 Å². The van der Waals surface area contributed by atoms with E-state index in [1.807, 2.05) is 0 Å². The summed E-state index contributed by atoms with van der Waals surface area (Å²) in [6.07, 6.45) is 2.24. The summed E-state index contributed by atoms with van der Waals surface area (Å²) in [5.41, 5.74) is 9.54. The SMILES string of the molecule is CCCC(CN)c1nc2cc(C)ccc2n1C(C)C. The minimum atomic E-state index is 0.361. The lowest BCUT2D eigenvalue weighted by atomic mass is 10.0. The molecule has 1 unspecified atom stereocenters. The molecule has 1 aromatic carbocycles. The van der Waals surface area contributed by atoms with Crippen molar-refractivity contribution < 1.29 is 0 Å². The highest BCUT2D eigenvalue weighted by molar-refractivity contribution is 5.77. The van der Waals surface area contributed by atoms with Crippen LogP contribution in [0.1, 0.15) is 57.0 Å². The third kappa shape index (κ3) is 2.66. The average Bonchev–Trinajstić information content (AvgIpc) is 2.73. The van der Waals surface area contributed by atoms with Crippen LogP contribution in [0.25, 0.3) is 11.0 Å². The number of imidazole rings is 1. The van der Waals surface area contributed by atoms with Crippen molar-refractivity contribution in [2.45, 2.75) is 52.5 Å². The second-order valence-corrected chi connectivity index (χ2v) is 5.65. The molecule has 0 radical (unpaired) electrons. The highest BCUT2D eigenvalue weighted by Gasteiger charge is 2.20. The molecule has 0 fully saturated rings. The number of nitrogens with zero attached hydrogens (tertiary/aromatic N) is 2. The average molecular weight is 259 g/mol. The van der Waals surface area contributed by atoms with Crippen LogP contribution < -0.4 is 5.73 Å². The third-order valence-corrected chi connectivity index (χ3v) is 3.68. The van der Waals surface area contributed by atoms with Crippen molar-refractivity contribution in [3.05, 3.63) is 29.6 Å². The van der Waals surface area contributed by atoms with Crippen LogP contribution in [0.15, 0.2) is 18.2 Å². The van der Waals surface area contributed by atoms with Crippen LogP contribution in [-0.4, -0.2) is 16.1 Å². The second kappa shape index (κ2) is 5.74. The molecule has 2 rings (SSSR count). The maximum Gasteiger partial charge on any atom is 0.114 e. The Morgan fingerprint density at radius 3 is 2.63 bits per heavy atom. The Bertz CT molecular complexity index is 554. The number of nitrogens with two attached hydrogens (primary N) is 1. The van der Waals surface area contributed by atoms with Gasteiger partial charge in [0.2, 0.25) is 0 Å². The number of fused-ring (bicyclic) bond motifs is 1. The van der Waals surface area contributed by atoms with Crippen molar-refractivity contribution in [2.75, 3.05) is 6.54 Å². The lowest BCUT2D eigenvalue weighted by molar-refractivity contribution is 0.515. The van der Waals surface area contributed by atoms with Crippen LogP contribution in [0.5, 0.6) is 0 Å². The van der Waals surface area contributed by atoms with E-state index in [1.165, 1.54) is 11.1 Å². The molecule has 0 bridgehead atoms. The Kier molecular flexibility index (Phi) is 4.25. The van der Waals surface area contributed by atoms with Gasteiger partial charge in [-0.15, -0.1) is 0 Å². The fourth-order valence-corrected chi connectivity index (χ4v) is 2.76. The van der Waals surface area contributed by atoms with E-state index < -0.39 is 0 Å². The molecule has 2 N–H and O–H groups in total. The van der Waals surface area contributed by atoms with Gasteiger partial charge >= 0.3 is 0 Å². The van der Waals surface area contributed by atoms with Gasteiger partial charge in [0, 0.05) is 18.5 Å². The van der Waals surface area contributed by atoms with Crippen molar-refractivity contribution in [3.8, 4) is 0 Å². The maximum absolute atomic E-state index is 5.96. The zero-order valence-electron chi connectivity index (χ0n) is 12.5. The van der Waals surface area contributed by atoms with E-state index in [0.29, 0.717) is 18.5 Å². The van der Waals surface area contributed by atoms with Gasteiger partial charge in [0.05, 0.1) is 11.0 Å². The van der Waals surface area contributed by atoms with Crippen molar-refractivity contribution in [2.24, 2.45) is 5.73 Å². The monoisotopic (exact) mass is 259 g/mol. The van der Waals surface area contributed by atoms with Crippen LogP contribution >= 0.6 is 0 Å². The molecule has 0 spiro atoms. The van der Waals surface area contributed by atoms with Gasteiger partial charge in [-0.3, -0.25) is 0 Å². The Morgan fingerprint density at radius 2 is 2.05 bits per heavy atom. The van der Waals surface area contributed by atoms with Gasteiger partial charge in [-0.25, -0.2) is 4.98 Å². The fourth-order valence-electron chi connectivity index (χ4n) is 2.76. The van der Waals surface area contributed by atoms with E-state index >= 15 is 0 Å². The number of aromatic nitrogens is 2. The Balaban J connectivity index is 2.61. The molecule has 3 nitrogen and oxygen atoms in total. The Hall–Kier alpha value is -1.35. The number of aryl methyl sites for hydroxylation is 1. The lowest BCUT2D eigenvalue weighted by Crippen LogP contribution is -2.18. The van der Waals surface area contributed by atoms with Crippen molar-refractivity contribution in [1.29, 1.82) is 0 Å². The number of rotatable bonds is 5. The summed E-state index contributed by atoms with van der Waals surface area (Å²) in [6, 6.07) is 6.91. The Morgan fingerprint density at radius 1 is 1.32 bits per heavy atom. The molecular weight excluding hydrogens is 234 g/mol. The third-order valence-electron chi connectivity index (χ3n) is 3.68. The minimum absolute atomic E-state index is 0.361. The predicted octanol–water partition coefficient (Wildman–Crippen LogP) is 3.77. The molecule has 0 saturated heterocycles. The molecule has 1 atom stereocenters. The van der Waals surface area contributed by atoms with E-state index in [2.05, 4.69) is 50.5 Å². The van der Waals surface area contributed by atoms with Crippen LogP contribution in [0.3, 0.4) is 0 Å². The highest BCUT2D eigenvalue weighted by atomic mass is 15.1. The summed E-state index contributed by atoms with van der Waals surface area (Å²) in [6.45, 7) is 9.41. The van der Waals surface area contributed by atoms with Gasteiger partial charge in [-0.1, -0.05) is 19.4 Å². The zero-order chi connectivity index (χ0) is 14.0. The summed E-state index contributed by atoms with van der Waals surface area (Å²) < 4.78 is 2.35. The second-order valence-electron chi connectivity index (χ2n) is 5.65. The zero-order valence-corrected chi connectivity index (χ0v) is 12.5. The van der Waals surface area contributed by atoms with Crippen LogP contribution in [0.4, 0.5) is 0 Å². The first-order valence-electron chi connectivity index (χ1n) is 7.27. The van der Waals surface area contributed by atoms with Gasteiger partial charge in [0.15, 0.2) is 0 Å². The number of benzene rings is 1. The summed E-state index contributed by atoms with van der Waals surface area (Å²) in [5, 5.41) is 0. The molecule has 0 aliphatic rings. The fraction of sp³-hybridized carbons (Fsp3) is 0.562. The molecule has 0 saturated carbocycles. The maximum atomic E-state index is 5.96. The quantitative estimate of drug-likeness (QED) is 0.888. The number of hydrogen-bond acceptors (Lipinski definition) is 2. The highest BCUT2D eigenvalue weighted by Crippen LogP contribution is 2.28. The smallest absolute Gasteiger partial charge is 0.114 e. The van der Waals surface area contributed by atoms with E-state index in [0.717, 1.165) is 24.2 Å². The first-order valence-corrected chi connectivity index (χ1v) is 7.27. The molecule has 19 heavy (non-hydrogen) atoms. The standard InChI is InChI=1S/C16H25N3/c1-5-6-13(10-17)16-18-14-9-12(4)7-8-15(14)19(16)11(2)3/h7-9,11,13H,5-6,10,17H2,1-4H3. The van der Waals surface area contributed by atoms with Gasteiger partial charge in [-0.2, -0.15) is 0 Å². The van der Waals surface area contributed by atoms with E-state index in [9.17, 15) is 0 Å². The molecule has 1 aromatic heterocycles. The molecule has 104 valence electrons. The first-order chi connectivity index (χ1) is 9.08. The first kappa shape index (κ1) is 14.1. The van der Waals surface area contributed by atoms with E-state index in [4.69, 9.17) is 10.7 Å². The molecule has 1 heterocycles. The lowest BCUT2D eigenvalue weighted by Gasteiger charge is -2.19. The summed E-state index contributed by atoms with van der Waals surface area (Å²) in [7, 11) is 0. The minimum Gasteiger partial charge on any atom is -0.330 e. The van der Waals surface area contributed by atoms with Gasteiger partial charge in [0.1, 0.15) is 5.82 Å². The van der Waals surface area contributed by atoms with Crippen molar-refractivity contribution >= 4 is 11.0 Å². The van der Waals surface area contributed by atoms with Gasteiger partial charge < -0.3 is 10.3 Å². The molecule has 0 amide bonds. The molecule has 3 heteroatoms. The normalized spacial score (nSPS) is 13.4. The van der Waals surface area contributed by atoms with E-state index in [-0.39, 0.29) is 0 Å². The Labute approximate surface area is 115 Å². The topological polar surface area (TPSA) is 43.8 Å². The molecule has 0 aliphatic heterocycles. The van der Waals surface area contributed by atoms with Crippen LogP contribution in [0.2, 0.25) is 0 Å². The predicted molar refractivity (Wildman–Crippen MR) is 81.6 cm³/mol. The van der Waals surface area contributed by atoms with Crippen molar-refractivity contribution in [1.82, 2.24) is 9.55 Å². The molecule has 2 aromatic rings. The van der Waals surface area contributed by atoms with Crippen molar-refractivity contribution in [3.63, 3.8) is 0 Å². The molecular formula is C16H25N3. The molecule has 0 aliphatic carbocycles. The van der Waals surface area contributed by atoms with Crippen LogP contribution in [-0.2, 0) is 0 Å². The summed E-state index contributed by atoms with van der Waals surface area (Å²) >= 11 is 0.